The zero-order chi connectivity index (χ0) is 21.9. The first-order valence-electron chi connectivity index (χ1n) is 11.8. The molecule has 4 heteroatoms. The van der Waals surface area contributed by atoms with Crippen LogP contribution in [-0.2, 0) is 9.53 Å². The molecule has 0 aliphatic heterocycles. The lowest BCUT2D eigenvalue weighted by molar-refractivity contribution is -0.142. The molecule has 1 aliphatic rings. The van der Waals surface area contributed by atoms with Crippen LogP contribution in [-0.4, -0.2) is 25.8 Å². The monoisotopic (exact) mass is 424 g/mol. The van der Waals surface area contributed by atoms with Crippen molar-refractivity contribution in [2.24, 2.45) is 5.92 Å². The first-order chi connectivity index (χ1) is 15.2. The molecule has 31 heavy (non-hydrogen) atoms. The normalized spacial score (nSPS) is 18.1. The molecule has 0 bridgehead atoms. The molecule has 2 aromatic rings. The Morgan fingerprint density at radius 2 is 1.45 bits per heavy atom. The number of unbranched alkanes of at least 4 members (excludes halogenated alkanes) is 5. The molecule has 0 N–H and O–H groups in total. The van der Waals surface area contributed by atoms with Crippen molar-refractivity contribution in [3.05, 3.63) is 48.5 Å². The summed E-state index contributed by atoms with van der Waals surface area (Å²) >= 11 is 0. The number of esters is 1. The highest BCUT2D eigenvalue weighted by Crippen LogP contribution is 2.30. The zero-order valence-electron chi connectivity index (χ0n) is 19.0. The second-order valence-corrected chi connectivity index (χ2v) is 8.40. The Hall–Kier alpha value is -2.33. The molecule has 0 amide bonds. The van der Waals surface area contributed by atoms with Gasteiger partial charge in [-0.05, 0) is 61.1 Å². The van der Waals surface area contributed by atoms with Gasteiger partial charge in [0, 0.05) is 7.11 Å². The fourth-order valence-electron chi connectivity index (χ4n) is 4.20. The highest BCUT2D eigenvalue weighted by atomic mass is 16.5. The van der Waals surface area contributed by atoms with Gasteiger partial charge in [0.15, 0.2) is 0 Å². The Balaban J connectivity index is 1.45. The van der Waals surface area contributed by atoms with Crippen molar-refractivity contribution >= 4 is 5.97 Å². The van der Waals surface area contributed by atoms with Crippen molar-refractivity contribution < 1.29 is 19.0 Å². The van der Waals surface area contributed by atoms with Gasteiger partial charge in [0.1, 0.15) is 11.5 Å². The molecular weight excluding hydrogens is 388 g/mol. The van der Waals surface area contributed by atoms with Gasteiger partial charge < -0.3 is 14.2 Å². The Kier molecular flexibility index (Phi) is 9.41. The fourth-order valence-corrected chi connectivity index (χ4v) is 4.20. The lowest BCUT2D eigenvalue weighted by Crippen LogP contribution is -2.28. The first kappa shape index (κ1) is 23.3. The van der Waals surface area contributed by atoms with Gasteiger partial charge >= 0.3 is 5.97 Å². The highest BCUT2D eigenvalue weighted by molar-refractivity contribution is 5.76. The minimum atomic E-state index is -0.191. The van der Waals surface area contributed by atoms with E-state index in [1.807, 2.05) is 36.4 Å². The van der Waals surface area contributed by atoms with Crippen molar-refractivity contribution in [3.63, 3.8) is 0 Å². The van der Waals surface area contributed by atoms with E-state index in [-0.39, 0.29) is 18.0 Å². The largest absolute Gasteiger partial charge is 0.494 e. The minimum absolute atomic E-state index is 0.0198. The van der Waals surface area contributed by atoms with E-state index < -0.39 is 0 Å². The quantitative estimate of drug-likeness (QED) is 0.213. The first-order valence-corrected chi connectivity index (χ1v) is 11.8. The summed E-state index contributed by atoms with van der Waals surface area (Å²) in [5.41, 5.74) is 2.19. The molecule has 1 saturated carbocycles. The summed E-state index contributed by atoms with van der Waals surface area (Å²) in [5, 5.41) is 0. The number of methoxy groups -OCH3 is 1. The predicted octanol–water partition coefficient (Wildman–Crippen LogP) is 6.81. The van der Waals surface area contributed by atoms with Crippen LogP contribution in [0, 0.1) is 5.92 Å². The molecule has 0 radical (unpaired) electrons. The molecule has 1 fully saturated rings. The minimum Gasteiger partial charge on any atom is -0.494 e. The molecule has 3 rings (SSSR count). The number of hydrogen-bond donors (Lipinski definition) is 0. The standard InChI is InChI=1S/C27H36O4/c1-3-4-5-6-7-8-20-30-23-16-12-21(13-17-23)22-14-18-24(19-15-22)31-27(28)25-10-9-11-26(25)29-2/h12-19,25-26H,3-11,20H2,1-2H3/t25-,26+/m1/s1. The van der Waals surface area contributed by atoms with Gasteiger partial charge in [-0.25, -0.2) is 0 Å². The van der Waals surface area contributed by atoms with E-state index >= 15 is 0 Å². The molecule has 0 aromatic heterocycles. The topological polar surface area (TPSA) is 44.8 Å². The highest BCUT2D eigenvalue weighted by Gasteiger charge is 2.34. The van der Waals surface area contributed by atoms with Crippen LogP contribution >= 0.6 is 0 Å². The summed E-state index contributed by atoms with van der Waals surface area (Å²) in [6.45, 7) is 3.01. The van der Waals surface area contributed by atoms with E-state index in [1.165, 1.54) is 32.1 Å². The molecule has 4 nitrogen and oxygen atoms in total. The molecular formula is C27H36O4. The van der Waals surface area contributed by atoms with E-state index in [2.05, 4.69) is 19.1 Å². The lowest BCUT2D eigenvalue weighted by atomic mass is 10.1. The van der Waals surface area contributed by atoms with Gasteiger partial charge in [0.05, 0.1) is 18.6 Å². The lowest BCUT2D eigenvalue weighted by Gasteiger charge is -2.16. The summed E-state index contributed by atoms with van der Waals surface area (Å²) < 4.78 is 16.9. The van der Waals surface area contributed by atoms with Crippen LogP contribution in [0.25, 0.3) is 11.1 Å². The van der Waals surface area contributed by atoms with Crippen LogP contribution in [0.15, 0.2) is 48.5 Å². The van der Waals surface area contributed by atoms with Crippen molar-refractivity contribution in [2.45, 2.75) is 70.8 Å². The van der Waals surface area contributed by atoms with E-state index in [1.54, 1.807) is 7.11 Å². The van der Waals surface area contributed by atoms with Gasteiger partial charge in [-0.3, -0.25) is 4.79 Å². The van der Waals surface area contributed by atoms with E-state index in [4.69, 9.17) is 14.2 Å². The predicted molar refractivity (Wildman–Crippen MR) is 125 cm³/mol. The molecule has 0 saturated heterocycles. The van der Waals surface area contributed by atoms with Gasteiger partial charge in [-0.2, -0.15) is 0 Å². The van der Waals surface area contributed by atoms with Crippen LogP contribution in [0.3, 0.4) is 0 Å². The van der Waals surface area contributed by atoms with Gasteiger partial charge in [-0.1, -0.05) is 63.3 Å². The third kappa shape index (κ3) is 7.10. The van der Waals surface area contributed by atoms with Gasteiger partial charge in [0.25, 0.3) is 0 Å². The zero-order valence-corrected chi connectivity index (χ0v) is 19.0. The number of hydrogen-bond acceptors (Lipinski definition) is 4. The summed E-state index contributed by atoms with van der Waals surface area (Å²) in [6, 6.07) is 15.9. The van der Waals surface area contributed by atoms with Crippen LogP contribution in [0.5, 0.6) is 11.5 Å². The van der Waals surface area contributed by atoms with Crippen LogP contribution in [0.1, 0.15) is 64.7 Å². The Labute approximate surface area is 186 Å². The maximum Gasteiger partial charge on any atom is 0.316 e. The third-order valence-electron chi connectivity index (χ3n) is 6.09. The van der Waals surface area contributed by atoms with Crippen LogP contribution < -0.4 is 9.47 Å². The molecule has 1 aliphatic carbocycles. The van der Waals surface area contributed by atoms with Crippen molar-refractivity contribution in [3.8, 4) is 22.6 Å². The molecule has 2 atom stereocenters. The average molecular weight is 425 g/mol. The maximum absolute atomic E-state index is 12.4. The summed E-state index contributed by atoms with van der Waals surface area (Å²) in [6.07, 6.45) is 10.3. The van der Waals surface area contributed by atoms with E-state index in [9.17, 15) is 4.79 Å². The number of rotatable bonds is 12. The number of carbonyl (C=O) groups excluding carboxylic acids is 1. The summed E-state index contributed by atoms with van der Waals surface area (Å²) in [4.78, 5) is 12.4. The third-order valence-corrected chi connectivity index (χ3v) is 6.09. The Bertz CT molecular complexity index is 782. The molecule has 0 spiro atoms. The maximum atomic E-state index is 12.4. The number of ether oxygens (including phenoxy) is 3. The van der Waals surface area contributed by atoms with E-state index in [0.29, 0.717) is 5.75 Å². The Morgan fingerprint density at radius 3 is 2.10 bits per heavy atom. The van der Waals surface area contributed by atoms with Crippen molar-refractivity contribution in [2.75, 3.05) is 13.7 Å². The van der Waals surface area contributed by atoms with Crippen LogP contribution in [0.2, 0.25) is 0 Å². The molecule has 0 heterocycles. The van der Waals surface area contributed by atoms with Gasteiger partial charge in [-0.15, -0.1) is 0 Å². The fraction of sp³-hybridized carbons (Fsp3) is 0.519. The van der Waals surface area contributed by atoms with Gasteiger partial charge in [0.2, 0.25) is 0 Å². The second-order valence-electron chi connectivity index (χ2n) is 8.40. The van der Waals surface area contributed by atoms with E-state index in [0.717, 1.165) is 49.2 Å². The summed E-state index contributed by atoms with van der Waals surface area (Å²) in [7, 11) is 1.66. The Morgan fingerprint density at radius 1 is 0.839 bits per heavy atom. The molecule has 168 valence electrons. The molecule has 0 unspecified atom stereocenters. The number of carbonyl (C=O) groups is 1. The smallest absolute Gasteiger partial charge is 0.316 e. The van der Waals surface area contributed by atoms with Crippen molar-refractivity contribution in [1.82, 2.24) is 0 Å². The second kappa shape index (κ2) is 12.5. The SMILES string of the molecule is CCCCCCCCOc1ccc(-c2ccc(OC(=O)[C@@H]3CCC[C@@H]3OC)cc2)cc1. The van der Waals surface area contributed by atoms with Crippen LogP contribution in [0.4, 0.5) is 0 Å². The number of benzene rings is 2. The molecule has 2 aromatic carbocycles. The average Bonchev–Trinajstić information content (AvgIpc) is 3.29. The summed E-state index contributed by atoms with van der Waals surface area (Å²) in [5.74, 6) is 1.14. The van der Waals surface area contributed by atoms with Crippen molar-refractivity contribution in [1.29, 1.82) is 0 Å².